The van der Waals surface area contributed by atoms with Crippen molar-refractivity contribution in [3.63, 3.8) is 0 Å². The van der Waals surface area contributed by atoms with E-state index in [1.165, 1.54) is 19.2 Å². The van der Waals surface area contributed by atoms with Crippen LogP contribution >= 0.6 is 0 Å². The van der Waals surface area contributed by atoms with Gasteiger partial charge >= 0.3 is 5.97 Å². The van der Waals surface area contributed by atoms with Crippen molar-refractivity contribution in [3.8, 4) is 0 Å². The van der Waals surface area contributed by atoms with Crippen molar-refractivity contribution in [1.82, 2.24) is 5.32 Å². The maximum atomic E-state index is 13.3. The number of carbonyl (C=O) groups excluding carboxylic acids is 2. The van der Waals surface area contributed by atoms with Crippen LogP contribution in [0.5, 0.6) is 0 Å². The molecule has 0 aromatic heterocycles. The third kappa shape index (κ3) is 5.03. The molecule has 1 aliphatic rings. The minimum absolute atomic E-state index is 0.0230. The van der Waals surface area contributed by atoms with E-state index in [0.29, 0.717) is 12.0 Å². The summed E-state index contributed by atoms with van der Waals surface area (Å²) in [6.07, 6.45) is 4.35. The summed E-state index contributed by atoms with van der Waals surface area (Å²) in [4.78, 5) is 36.1. The Labute approximate surface area is 175 Å². The first-order chi connectivity index (χ1) is 14.4. The number of hydrogen-bond donors (Lipinski definition) is 1. The fourth-order valence-electron chi connectivity index (χ4n) is 4.16. The molecule has 1 unspecified atom stereocenters. The number of ether oxygens (including phenoxy) is 1. The highest BCUT2D eigenvalue weighted by Crippen LogP contribution is 2.41. The largest absolute Gasteiger partial charge is 0.467 e. The van der Waals surface area contributed by atoms with Gasteiger partial charge in [-0.2, -0.15) is 0 Å². The van der Waals surface area contributed by atoms with Crippen LogP contribution in [0.2, 0.25) is 0 Å². The van der Waals surface area contributed by atoms with Crippen LogP contribution in [0.4, 0.5) is 5.69 Å². The van der Waals surface area contributed by atoms with E-state index in [4.69, 9.17) is 4.74 Å². The Kier molecular flexibility index (Phi) is 6.82. The Balaban J connectivity index is 1.76. The number of non-ortho nitro benzene ring substituents is 1. The Morgan fingerprint density at radius 1 is 1.07 bits per heavy atom. The van der Waals surface area contributed by atoms with Crippen LogP contribution < -0.4 is 5.32 Å². The number of nitro groups is 1. The number of nitro benzene ring substituents is 1. The quantitative estimate of drug-likeness (QED) is 0.407. The summed E-state index contributed by atoms with van der Waals surface area (Å²) in [7, 11) is 1.28. The van der Waals surface area contributed by atoms with Gasteiger partial charge in [0.25, 0.3) is 5.69 Å². The lowest BCUT2D eigenvalue weighted by Gasteiger charge is -2.30. The number of amides is 1. The van der Waals surface area contributed by atoms with Crippen LogP contribution in [0.3, 0.4) is 0 Å². The van der Waals surface area contributed by atoms with Crippen molar-refractivity contribution in [2.45, 2.75) is 44.6 Å². The number of nitrogens with one attached hydrogen (secondary N) is 1. The molecule has 1 aliphatic carbocycles. The minimum atomic E-state index is -0.850. The van der Waals surface area contributed by atoms with Crippen LogP contribution in [0.1, 0.15) is 36.8 Å². The fraction of sp³-hybridized carbons (Fsp3) is 0.391. The average molecular weight is 410 g/mol. The molecule has 7 nitrogen and oxygen atoms in total. The molecule has 30 heavy (non-hydrogen) atoms. The Bertz CT molecular complexity index is 890. The van der Waals surface area contributed by atoms with Crippen molar-refractivity contribution in [3.05, 3.63) is 75.8 Å². The minimum Gasteiger partial charge on any atom is -0.467 e. The fourth-order valence-corrected chi connectivity index (χ4v) is 4.16. The lowest BCUT2D eigenvalue weighted by molar-refractivity contribution is -0.384. The molecule has 0 saturated heterocycles. The van der Waals surface area contributed by atoms with Gasteiger partial charge in [0.2, 0.25) is 5.91 Å². The molecular formula is C23H26N2O5. The number of nitrogens with zero attached hydrogens (tertiary/aromatic N) is 1. The molecule has 7 heteroatoms. The van der Waals surface area contributed by atoms with Crippen molar-refractivity contribution in [2.24, 2.45) is 5.41 Å². The average Bonchev–Trinajstić information content (AvgIpc) is 3.23. The number of benzene rings is 2. The predicted octanol–water partition coefficient (Wildman–Crippen LogP) is 3.60. The van der Waals surface area contributed by atoms with Crippen molar-refractivity contribution >= 4 is 17.6 Å². The molecule has 1 amide bonds. The van der Waals surface area contributed by atoms with E-state index < -0.39 is 22.3 Å². The van der Waals surface area contributed by atoms with Crippen LogP contribution in [0.15, 0.2) is 54.6 Å². The van der Waals surface area contributed by atoms with Gasteiger partial charge in [0.1, 0.15) is 6.04 Å². The van der Waals surface area contributed by atoms with Crippen molar-refractivity contribution < 1.29 is 19.2 Å². The monoisotopic (exact) mass is 410 g/mol. The normalized spacial score (nSPS) is 15.9. The van der Waals surface area contributed by atoms with Gasteiger partial charge < -0.3 is 10.1 Å². The smallest absolute Gasteiger partial charge is 0.328 e. The second-order valence-corrected chi connectivity index (χ2v) is 7.83. The second kappa shape index (κ2) is 9.52. The molecule has 158 valence electrons. The van der Waals surface area contributed by atoms with Gasteiger partial charge in [-0.3, -0.25) is 14.9 Å². The molecule has 3 rings (SSSR count). The van der Waals surface area contributed by atoms with Crippen LogP contribution in [0, 0.1) is 15.5 Å². The molecule has 2 aromatic carbocycles. The second-order valence-electron chi connectivity index (χ2n) is 7.83. The zero-order chi connectivity index (χ0) is 21.6. The highest BCUT2D eigenvalue weighted by Gasteiger charge is 2.42. The standard InChI is InChI=1S/C23H26N2O5/c1-30-21(26)20(15-17-9-11-19(12-10-17)25(28)29)24-22(27)23(13-5-6-14-23)16-18-7-3-2-4-8-18/h2-4,7-12,20H,5-6,13-16H2,1H3,(H,24,27). The van der Waals surface area contributed by atoms with Crippen LogP contribution in [-0.2, 0) is 27.2 Å². The highest BCUT2D eigenvalue weighted by molar-refractivity contribution is 5.88. The first-order valence-electron chi connectivity index (χ1n) is 10.1. The molecule has 2 aromatic rings. The van der Waals surface area contributed by atoms with E-state index in [0.717, 1.165) is 31.2 Å². The zero-order valence-electron chi connectivity index (χ0n) is 17.0. The highest BCUT2D eigenvalue weighted by atomic mass is 16.6. The SMILES string of the molecule is COC(=O)C(Cc1ccc([N+](=O)[O-])cc1)NC(=O)C1(Cc2ccccc2)CCCC1. The zero-order valence-corrected chi connectivity index (χ0v) is 17.0. The van der Waals surface area contributed by atoms with Crippen LogP contribution in [0.25, 0.3) is 0 Å². The Hall–Kier alpha value is -3.22. The molecule has 0 spiro atoms. The number of esters is 1. The van der Waals surface area contributed by atoms with E-state index in [2.05, 4.69) is 5.32 Å². The van der Waals surface area contributed by atoms with E-state index in [1.807, 2.05) is 30.3 Å². The van der Waals surface area contributed by atoms with Crippen LogP contribution in [-0.4, -0.2) is 30.0 Å². The number of hydrogen-bond acceptors (Lipinski definition) is 5. The molecule has 0 bridgehead atoms. The van der Waals surface area contributed by atoms with E-state index in [9.17, 15) is 19.7 Å². The van der Waals surface area contributed by atoms with Crippen molar-refractivity contribution in [2.75, 3.05) is 7.11 Å². The predicted molar refractivity (Wildman–Crippen MR) is 112 cm³/mol. The molecule has 0 radical (unpaired) electrons. The maximum Gasteiger partial charge on any atom is 0.328 e. The molecule has 1 saturated carbocycles. The van der Waals surface area contributed by atoms with Gasteiger partial charge in [-0.25, -0.2) is 4.79 Å². The summed E-state index contributed by atoms with van der Waals surface area (Å²) in [5.41, 5.74) is 1.24. The van der Waals surface area contributed by atoms with E-state index >= 15 is 0 Å². The number of rotatable bonds is 8. The molecule has 0 aliphatic heterocycles. The van der Waals surface area contributed by atoms with Gasteiger partial charge in [-0.15, -0.1) is 0 Å². The lowest BCUT2D eigenvalue weighted by Crippen LogP contribution is -2.49. The van der Waals surface area contributed by atoms with Gasteiger partial charge in [0, 0.05) is 18.6 Å². The molecule has 1 atom stereocenters. The van der Waals surface area contributed by atoms with Crippen molar-refractivity contribution in [1.29, 1.82) is 0 Å². The first-order valence-corrected chi connectivity index (χ1v) is 10.1. The van der Waals surface area contributed by atoms with E-state index in [-0.39, 0.29) is 18.0 Å². The maximum absolute atomic E-state index is 13.3. The summed E-state index contributed by atoms with van der Waals surface area (Å²) in [5, 5.41) is 13.8. The molecule has 1 N–H and O–H groups in total. The molecule has 1 fully saturated rings. The summed E-state index contributed by atoms with van der Waals surface area (Å²) < 4.78 is 4.90. The number of carbonyl (C=O) groups is 2. The lowest BCUT2D eigenvalue weighted by atomic mass is 9.79. The Morgan fingerprint density at radius 2 is 1.70 bits per heavy atom. The third-order valence-corrected chi connectivity index (χ3v) is 5.81. The summed E-state index contributed by atoms with van der Waals surface area (Å²) >= 11 is 0. The molecular weight excluding hydrogens is 384 g/mol. The third-order valence-electron chi connectivity index (χ3n) is 5.81. The number of methoxy groups -OCH3 is 1. The van der Waals surface area contributed by atoms with E-state index in [1.54, 1.807) is 12.1 Å². The topological polar surface area (TPSA) is 98.5 Å². The summed E-state index contributed by atoms with van der Waals surface area (Å²) in [6, 6.07) is 15.0. The Morgan fingerprint density at radius 3 is 2.27 bits per heavy atom. The summed E-state index contributed by atoms with van der Waals surface area (Å²) in [6.45, 7) is 0. The van der Waals surface area contributed by atoms with Gasteiger partial charge in [-0.1, -0.05) is 55.3 Å². The molecule has 0 heterocycles. The van der Waals surface area contributed by atoms with Gasteiger partial charge in [-0.05, 0) is 30.4 Å². The van der Waals surface area contributed by atoms with Gasteiger partial charge in [0.05, 0.1) is 17.4 Å². The summed E-state index contributed by atoms with van der Waals surface area (Å²) in [5.74, 6) is -0.671. The first kappa shape index (κ1) is 21.5. The van der Waals surface area contributed by atoms with Gasteiger partial charge in [0.15, 0.2) is 0 Å².